The van der Waals surface area contributed by atoms with Crippen LogP contribution in [0.15, 0.2) is 42.5 Å². The van der Waals surface area contributed by atoms with Gasteiger partial charge in [-0.3, -0.25) is 4.79 Å². The van der Waals surface area contributed by atoms with Gasteiger partial charge in [-0.1, -0.05) is 32.0 Å². The fourth-order valence-electron chi connectivity index (χ4n) is 2.04. The number of anilines is 2. The van der Waals surface area contributed by atoms with E-state index < -0.39 is 0 Å². The van der Waals surface area contributed by atoms with Crippen LogP contribution in [0.1, 0.15) is 30.9 Å². The van der Waals surface area contributed by atoms with Crippen LogP contribution < -0.4 is 10.6 Å². The van der Waals surface area contributed by atoms with Crippen LogP contribution in [0.25, 0.3) is 0 Å². The van der Waals surface area contributed by atoms with E-state index in [9.17, 15) is 9.18 Å². The minimum Gasteiger partial charge on any atom is -0.376 e. The van der Waals surface area contributed by atoms with E-state index in [4.69, 9.17) is 0 Å². The second-order valence-corrected chi connectivity index (χ2v) is 5.64. The Morgan fingerprint density at radius 2 is 1.73 bits per heavy atom. The molecule has 3 nitrogen and oxygen atoms in total. The van der Waals surface area contributed by atoms with Crippen molar-refractivity contribution in [1.82, 2.24) is 0 Å². The molecule has 0 saturated heterocycles. The molecule has 0 aliphatic rings. The Bertz CT molecular complexity index is 651. The zero-order chi connectivity index (χ0) is 16.1. The molecule has 2 rings (SSSR count). The SMILES string of the molecule is Cc1ccc(NCC(=O)Nc2ccc(C(C)C)cc2)cc1F. The number of hydrogen-bond donors (Lipinski definition) is 2. The van der Waals surface area contributed by atoms with Gasteiger partial charge in [-0.05, 0) is 48.2 Å². The predicted molar refractivity (Wildman–Crippen MR) is 88.8 cm³/mol. The molecule has 4 heteroatoms. The summed E-state index contributed by atoms with van der Waals surface area (Å²) >= 11 is 0. The molecule has 1 amide bonds. The fraction of sp³-hybridized carbons (Fsp3) is 0.278. The third-order valence-corrected chi connectivity index (χ3v) is 3.49. The molecule has 0 bridgehead atoms. The summed E-state index contributed by atoms with van der Waals surface area (Å²) in [5.41, 5.74) is 3.16. The molecule has 0 atom stereocenters. The highest BCUT2D eigenvalue weighted by atomic mass is 19.1. The molecule has 0 saturated carbocycles. The number of benzene rings is 2. The van der Waals surface area contributed by atoms with Crippen molar-refractivity contribution in [2.45, 2.75) is 26.7 Å². The van der Waals surface area contributed by atoms with Crippen molar-refractivity contribution in [3.8, 4) is 0 Å². The van der Waals surface area contributed by atoms with E-state index in [1.807, 2.05) is 24.3 Å². The smallest absolute Gasteiger partial charge is 0.243 e. The second kappa shape index (κ2) is 7.07. The first-order valence-electron chi connectivity index (χ1n) is 7.35. The van der Waals surface area contributed by atoms with Gasteiger partial charge in [0.05, 0.1) is 6.54 Å². The third kappa shape index (κ3) is 4.32. The minimum absolute atomic E-state index is 0.0917. The van der Waals surface area contributed by atoms with Gasteiger partial charge in [-0.25, -0.2) is 4.39 Å². The van der Waals surface area contributed by atoms with Crippen molar-refractivity contribution in [2.75, 3.05) is 17.2 Å². The number of carbonyl (C=O) groups excluding carboxylic acids is 1. The fourth-order valence-corrected chi connectivity index (χ4v) is 2.04. The maximum Gasteiger partial charge on any atom is 0.243 e. The van der Waals surface area contributed by atoms with Crippen LogP contribution in [-0.4, -0.2) is 12.5 Å². The molecule has 0 aliphatic heterocycles. The standard InChI is InChI=1S/C18H21FN2O/c1-12(2)14-5-8-15(9-6-14)21-18(22)11-20-16-7-4-13(3)17(19)10-16/h4-10,12,20H,11H2,1-3H3,(H,21,22). The summed E-state index contributed by atoms with van der Waals surface area (Å²) in [5.74, 6) is 0.0100. The number of carbonyl (C=O) groups is 1. The van der Waals surface area contributed by atoms with Crippen LogP contribution >= 0.6 is 0 Å². The van der Waals surface area contributed by atoms with Gasteiger partial charge in [-0.2, -0.15) is 0 Å². The molecule has 0 heterocycles. The molecule has 2 aromatic rings. The van der Waals surface area contributed by atoms with E-state index in [1.54, 1.807) is 19.1 Å². The van der Waals surface area contributed by atoms with Crippen molar-refractivity contribution in [2.24, 2.45) is 0 Å². The second-order valence-electron chi connectivity index (χ2n) is 5.64. The van der Waals surface area contributed by atoms with E-state index in [0.29, 0.717) is 17.2 Å². The Morgan fingerprint density at radius 3 is 2.32 bits per heavy atom. The molecule has 0 fully saturated rings. The normalized spacial score (nSPS) is 10.6. The lowest BCUT2D eigenvalue weighted by Crippen LogP contribution is -2.21. The summed E-state index contributed by atoms with van der Waals surface area (Å²) < 4.78 is 13.4. The molecule has 0 unspecified atom stereocenters. The Kier molecular flexibility index (Phi) is 5.15. The molecular formula is C18H21FN2O. The van der Waals surface area contributed by atoms with Crippen molar-refractivity contribution in [3.05, 3.63) is 59.4 Å². The monoisotopic (exact) mass is 300 g/mol. The van der Waals surface area contributed by atoms with E-state index >= 15 is 0 Å². The van der Waals surface area contributed by atoms with Crippen molar-refractivity contribution < 1.29 is 9.18 Å². The molecule has 0 aromatic heterocycles. The predicted octanol–water partition coefficient (Wildman–Crippen LogP) is 4.31. The van der Waals surface area contributed by atoms with E-state index in [0.717, 1.165) is 5.69 Å². The van der Waals surface area contributed by atoms with Crippen molar-refractivity contribution >= 4 is 17.3 Å². The van der Waals surface area contributed by atoms with Gasteiger partial charge in [0.25, 0.3) is 0 Å². The average molecular weight is 300 g/mol. The van der Waals surface area contributed by atoms with E-state index in [2.05, 4.69) is 24.5 Å². The quantitative estimate of drug-likeness (QED) is 0.864. The zero-order valence-corrected chi connectivity index (χ0v) is 13.1. The summed E-state index contributed by atoms with van der Waals surface area (Å²) in [5, 5.41) is 5.72. The van der Waals surface area contributed by atoms with Gasteiger partial charge >= 0.3 is 0 Å². The molecular weight excluding hydrogens is 279 g/mol. The number of hydrogen-bond acceptors (Lipinski definition) is 2. The highest BCUT2D eigenvalue weighted by Crippen LogP contribution is 2.17. The van der Waals surface area contributed by atoms with Crippen LogP contribution in [-0.2, 0) is 4.79 Å². The van der Waals surface area contributed by atoms with Gasteiger partial charge in [-0.15, -0.1) is 0 Å². The van der Waals surface area contributed by atoms with Crippen LogP contribution in [0.3, 0.4) is 0 Å². The Labute approximate surface area is 130 Å². The average Bonchev–Trinajstić information content (AvgIpc) is 2.49. The van der Waals surface area contributed by atoms with Gasteiger partial charge in [0, 0.05) is 11.4 Å². The molecule has 0 aliphatic carbocycles. The minimum atomic E-state index is -0.283. The molecule has 0 spiro atoms. The lowest BCUT2D eigenvalue weighted by atomic mass is 10.0. The van der Waals surface area contributed by atoms with Crippen LogP contribution in [0.5, 0.6) is 0 Å². The highest BCUT2D eigenvalue weighted by molar-refractivity contribution is 5.93. The largest absolute Gasteiger partial charge is 0.376 e. The molecule has 116 valence electrons. The Morgan fingerprint density at radius 1 is 1.09 bits per heavy atom. The number of aryl methyl sites for hydroxylation is 1. The van der Waals surface area contributed by atoms with Crippen LogP contribution in [0.2, 0.25) is 0 Å². The maximum absolute atomic E-state index is 13.4. The first-order chi connectivity index (χ1) is 10.5. The van der Waals surface area contributed by atoms with Crippen molar-refractivity contribution in [1.29, 1.82) is 0 Å². The van der Waals surface area contributed by atoms with E-state index in [1.165, 1.54) is 11.6 Å². The van der Waals surface area contributed by atoms with Crippen LogP contribution in [0, 0.1) is 12.7 Å². The third-order valence-electron chi connectivity index (χ3n) is 3.49. The summed E-state index contributed by atoms with van der Waals surface area (Å²) in [6.45, 7) is 6.04. The van der Waals surface area contributed by atoms with E-state index in [-0.39, 0.29) is 18.3 Å². The van der Waals surface area contributed by atoms with Crippen LogP contribution in [0.4, 0.5) is 15.8 Å². The molecule has 0 radical (unpaired) electrons. The first-order valence-corrected chi connectivity index (χ1v) is 7.35. The summed E-state index contributed by atoms with van der Waals surface area (Å²) in [7, 11) is 0. The molecule has 2 aromatic carbocycles. The lowest BCUT2D eigenvalue weighted by molar-refractivity contribution is -0.114. The zero-order valence-electron chi connectivity index (χ0n) is 13.1. The number of rotatable bonds is 5. The Balaban J connectivity index is 1.88. The first kappa shape index (κ1) is 16.0. The maximum atomic E-state index is 13.4. The highest BCUT2D eigenvalue weighted by Gasteiger charge is 2.05. The van der Waals surface area contributed by atoms with Crippen molar-refractivity contribution in [3.63, 3.8) is 0 Å². The van der Waals surface area contributed by atoms with Gasteiger partial charge in [0.15, 0.2) is 0 Å². The molecule has 2 N–H and O–H groups in total. The van der Waals surface area contributed by atoms with Gasteiger partial charge < -0.3 is 10.6 Å². The summed E-state index contributed by atoms with van der Waals surface area (Å²) in [4.78, 5) is 11.9. The van der Waals surface area contributed by atoms with Gasteiger partial charge in [0.1, 0.15) is 5.82 Å². The number of amides is 1. The summed E-state index contributed by atoms with van der Waals surface area (Å²) in [6, 6.07) is 12.6. The number of halogens is 1. The number of nitrogens with one attached hydrogen (secondary N) is 2. The van der Waals surface area contributed by atoms with Gasteiger partial charge in [0.2, 0.25) is 5.91 Å². The molecule has 22 heavy (non-hydrogen) atoms. The summed E-state index contributed by atoms with van der Waals surface area (Å²) in [6.07, 6.45) is 0. The Hall–Kier alpha value is -2.36. The lowest BCUT2D eigenvalue weighted by Gasteiger charge is -2.10. The topological polar surface area (TPSA) is 41.1 Å².